The molecule has 1 saturated heterocycles. The predicted molar refractivity (Wildman–Crippen MR) is 80.1 cm³/mol. The Labute approximate surface area is 124 Å². The molecule has 0 radical (unpaired) electrons. The molecule has 2 rings (SSSR count). The van der Waals surface area contributed by atoms with Crippen molar-refractivity contribution in [3.63, 3.8) is 0 Å². The van der Waals surface area contributed by atoms with Gasteiger partial charge in [-0.25, -0.2) is 0 Å². The van der Waals surface area contributed by atoms with Crippen molar-refractivity contribution >= 4 is 23.2 Å². The molecule has 0 aromatic heterocycles. The highest BCUT2D eigenvalue weighted by Gasteiger charge is 2.32. The number of halogens is 2. The summed E-state index contributed by atoms with van der Waals surface area (Å²) in [6, 6.07) is 6.08. The molecular formula is C14H20Cl2N2O. The van der Waals surface area contributed by atoms with E-state index in [1.54, 1.807) is 0 Å². The van der Waals surface area contributed by atoms with Crippen LogP contribution in [0.4, 0.5) is 0 Å². The summed E-state index contributed by atoms with van der Waals surface area (Å²) < 4.78 is 5.91. The van der Waals surface area contributed by atoms with Crippen molar-refractivity contribution in [3.8, 4) is 0 Å². The summed E-state index contributed by atoms with van der Waals surface area (Å²) in [4.78, 5) is 2.42. The first kappa shape index (κ1) is 15.1. The highest BCUT2D eigenvalue weighted by molar-refractivity contribution is 6.42. The fourth-order valence-corrected chi connectivity index (χ4v) is 2.94. The van der Waals surface area contributed by atoms with Gasteiger partial charge in [0.2, 0.25) is 0 Å². The van der Waals surface area contributed by atoms with E-state index >= 15 is 0 Å². The van der Waals surface area contributed by atoms with Gasteiger partial charge in [0.15, 0.2) is 0 Å². The lowest BCUT2D eigenvalue weighted by Crippen LogP contribution is -2.48. The minimum atomic E-state index is 0.135. The number of morpholine rings is 1. The molecular weight excluding hydrogens is 283 g/mol. The van der Waals surface area contributed by atoms with Gasteiger partial charge in [-0.1, -0.05) is 36.2 Å². The molecule has 0 aliphatic carbocycles. The average Bonchev–Trinajstić information content (AvgIpc) is 2.42. The van der Waals surface area contributed by atoms with E-state index in [0.717, 1.165) is 31.8 Å². The van der Waals surface area contributed by atoms with Gasteiger partial charge in [0, 0.05) is 13.1 Å². The maximum absolute atomic E-state index is 6.14. The van der Waals surface area contributed by atoms with Crippen LogP contribution >= 0.6 is 23.2 Å². The Balaban J connectivity index is 2.30. The van der Waals surface area contributed by atoms with Gasteiger partial charge < -0.3 is 10.1 Å². The van der Waals surface area contributed by atoms with Gasteiger partial charge >= 0.3 is 0 Å². The largest absolute Gasteiger partial charge is 0.374 e. The summed E-state index contributed by atoms with van der Waals surface area (Å²) in [5.41, 5.74) is 1.16. The number of hydrogen-bond donors (Lipinski definition) is 1. The Morgan fingerprint density at radius 3 is 2.79 bits per heavy atom. The summed E-state index contributed by atoms with van der Waals surface area (Å²) in [7, 11) is 1.94. The lowest BCUT2D eigenvalue weighted by molar-refractivity contribution is -0.0686. The van der Waals surface area contributed by atoms with Crippen LogP contribution in [0.5, 0.6) is 0 Å². The van der Waals surface area contributed by atoms with E-state index in [1.165, 1.54) is 0 Å². The minimum absolute atomic E-state index is 0.135. The Kier molecular flexibility index (Phi) is 5.48. The molecule has 3 nitrogen and oxygen atoms in total. The third-order valence-electron chi connectivity index (χ3n) is 3.55. The Morgan fingerprint density at radius 1 is 1.37 bits per heavy atom. The molecule has 1 aliphatic heterocycles. The number of likely N-dealkylation sites (N-methyl/N-ethyl adjacent to an activating group) is 2. The van der Waals surface area contributed by atoms with Gasteiger partial charge in [0.25, 0.3) is 0 Å². The van der Waals surface area contributed by atoms with Gasteiger partial charge in [0.05, 0.1) is 28.8 Å². The Bertz CT molecular complexity index is 426. The van der Waals surface area contributed by atoms with E-state index in [2.05, 4.69) is 17.1 Å². The fourth-order valence-electron chi connectivity index (χ4n) is 2.64. The molecule has 1 aromatic carbocycles. The maximum atomic E-state index is 6.14. The number of benzene rings is 1. The molecule has 0 amide bonds. The second-order valence-electron chi connectivity index (χ2n) is 4.71. The molecule has 1 N–H and O–H groups in total. The van der Waals surface area contributed by atoms with Gasteiger partial charge in [-0.2, -0.15) is 0 Å². The minimum Gasteiger partial charge on any atom is -0.374 e. The summed E-state index contributed by atoms with van der Waals surface area (Å²) in [5, 5.41) is 4.39. The number of rotatable bonds is 4. The summed E-state index contributed by atoms with van der Waals surface area (Å²) in [6.07, 6.45) is 0.135. The number of nitrogens with one attached hydrogen (secondary N) is 1. The topological polar surface area (TPSA) is 24.5 Å². The molecule has 1 aliphatic rings. The van der Waals surface area contributed by atoms with Crippen LogP contribution in [0, 0.1) is 0 Å². The van der Waals surface area contributed by atoms with Crippen LogP contribution in [0.3, 0.4) is 0 Å². The van der Waals surface area contributed by atoms with Crippen molar-refractivity contribution in [2.75, 3.05) is 33.3 Å². The fraction of sp³-hybridized carbons (Fsp3) is 0.571. The lowest BCUT2D eigenvalue weighted by Gasteiger charge is -2.41. The van der Waals surface area contributed by atoms with Crippen molar-refractivity contribution in [2.24, 2.45) is 0 Å². The van der Waals surface area contributed by atoms with E-state index in [1.807, 2.05) is 25.2 Å². The second-order valence-corrected chi connectivity index (χ2v) is 5.53. The molecule has 0 saturated carbocycles. The maximum Gasteiger partial charge on any atom is 0.0896 e. The van der Waals surface area contributed by atoms with Crippen molar-refractivity contribution in [3.05, 3.63) is 33.8 Å². The standard InChI is InChI=1S/C14H20Cl2N2O/c1-3-18-6-7-19-13(9-17-2)14(18)10-4-5-11(15)12(16)8-10/h4-5,8,13-14,17H,3,6-7,9H2,1-2H3. The van der Waals surface area contributed by atoms with Crippen LogP contribution in [0.1, 0.15) is 18.5 Å². The molecule has 2 atom stereocenters. The Hall–Kier alpha value is -0.320. The van der Waals surface area contributed by atoms with E-state index in [4.69, 9.17) is 27.9 Å². The summed E-state index contributed by atoms with van der Waals surface area (Å²) in [6.45, 7) is 5.71. The van der Waals surface area contributed by atoms with Crippen LogP contribution in [0.25, 0.3) is 0 Å². The first-order valence-corrected chi connectivity index (χ1v) is 7.38. The van der Waals surface area contributed by atoms with Crippen LogP contribution in [-0.2, 0) is 4.74 Å². The van der Waals surface area contributed by atoms with E-state index in [9.17, 15) is 0 Å². The van der Waals surface area contributed by atoms with Crippen LogP contribution < -0.4 is 5.32 Å². The van der Waals surface area contributed by atoms with Crippen molar-refractivity contribution in [1.82, 2.24) is 10.2 Å². The van der Waals surface area contributed by atoms with Gasteiger partial charge in [0.1, 0.15) is 0 Å². The zero-order valence-electron chi connectivity index (χ0n) is 11.3. The SMILES string of the molecule is CCN1CCOC(CNC)C1c1ccc(Cl)c(Cl)c1. The van der Waals surface area contributed by atoms with E-state index < -0.39 is 0 Å². The molecule has 1 aromatic rings. The molecule has 106 valence electrons. The van der Waals surface area contributed by atoms with E-state index in [-0.39, 0.29) is 12.1 Å². The normalized spacial score (nSPS) is 24.6. The zero-order chi connectivity index (χ0) is 13.8. The molecule has 5 heteroatoms. The third-order valence-corrected chi connectivity index (χ3v) is 4.29. The second kappa shape index (κ2) is 6.91. The van der Waals surface area contributed by atoms with Gasteiger partial charge in [-0.05, 0) is 31.3 Å². The molecule has 1 heterocycles. The smallest absolute Gasteiger partial charge is 0.0896 e. The lowest BCUT2D eigenvalue weighted by atomic mass is 9.98. The van der Waals surface area contributed by atoms with Crippen LogP contribution in [-0.4, -0.2) is 44.3 Å². The van der Waals surface area contributed by atoms with Crippen LogP contribution in [0.15, 0.2) is 18.2 Å². The van der Waals surface area contributed by atoms with E-state index in [0.29, 0.717) is 10.0 Å². The monoisotopic (exact) mass is 302 g/mol. The number of hydrogen-bond acceptors (Lipinski definition) is 3. The quantitative estimate of drug-likeness (QED) is 0.925. The summed E-state index contributed by atoms with van der Waals surface area (Å²) >= 11 is 12.1. The molecule has 0 bridgehead atoms. The van der Waals surface area contributed by atoms with Crippen LogP contribution in [0.2, 0.25) is 10.0 Å². The zero-order valence-corrected chi connectivity index (χ0v) is 12.8. The van der Waals surface area contributed by atoms with Crippen molar-refractivity contribution in [1.29, 1.82) is 0 Å². The predicted octanol–water partition coefficient (Wildman–Crippen LogP) is 2.97. The van der Waals surface area contributed by atoms with Crippen molar-refractivity contribution in [2.45, 2.75) is 19.1 Å². The molecule has 1 fully saturated rings. The molecule has 0 spiro atoms. The first-order valence-electron chi connectivity index (χ1n) is 6.62. The number of ether oxygens (including phenoxy) is 1. The number of nitrogens with zero attached hydrogens (tertiary/aromatic N) is 1. The highest BCUT2D eigenvalue weighted by Crippen LogP contribution is 2.33. The first-order chi connectivity index (χ1) is 9.17. The van der Waals surface area contributed by atoms with Gasteiger partial charge in [-0.15, -0.1) is 0 Å². The van der Waals surface area contributed by atoms with Gasteiger partial charge in [-0.3, -0.25) is 4.90 Å². The molecule has 2 unspecified atom stereocenters. The third kappa shape index (κ3) is 3.41. The average molecular weight is 303 g/mol. The molecule has 19 heavy (non-hydrogen) atoms. The summed E-state index contributed by atoms with van der Waals surface area (Å²) in [5.74, 6) is 0. The van der Waals surface area contributed by atoms with Crippen molar-refractivity contribution < 1.29 is 4.74 Å². The highest BCUT2D eigenvalue weighted by atomic mass is 35.5. The Morgan fingerprint density at radius 2 is 2.16 bits per heavy atom.